The molecule has 0 saturated heterocycles. The maximum Gasteiger partial charge on any atom is 0.314 e. The zero-order chi connectivity index (χ0) is 16.2. The average Bonchev–Trinajstić information content (AvgIpc) is 2.52. The first-order chi connectivity index (χ1) is 11.1. The molecule has 2 aromatic carbocycles. The lowest BCUT2D eigenvalue weighted by Gasteiger charge is -2.27. The van der Waals surface area contributed by atoms with E-state index in [0.717, 1.165) is 5.56 Å². The summed E-state index contributed by atoms with van der Waals surface area (Å²) in [6, 6.07) is 15.5. The summed E-state index contributed by atoms with van der Waals surface area (Å²) >= 11 is 0. The molecule has 0 bridgehead atoms. The molecule has 0 spiro atoms. The van der Waals surface area contributed by atoms with Crippen molar-refractivity contribution < 1.29 is 14.5 Å². The van der Waals surface area contributed by atoms with Gasteiger partial charge in [0.2, 0.25) is 0 Å². The normalized spacial score (nSPS) is 16.3. The van der Waals surface area contributed by atoms with Gasteiger partial charge in [-0.3, -0.25) is 14.9 Å². The zero-order valence-corrected chi connectivity index (χ0v) is 12.3. The SMILES string of the molecule is O=C(Oc1ccc([N+](=O)[O-])cc1)C1CC(=Cc2ccccc2)C1. The lowest BCUT2D eigenvalue weighted by Crippen LogP contribution is -2.28. The van der Waals surface area contributed by atoms with Crippen LogP contribution in [0.2, 0.25) is 0 Å². The van der Waals surface area contributed by atoms with Crippen LogP contribution in [0.4, 0.5) is 5.69 Å². The monoisotopic (exact) mass is 309 g/mol. The topological polar surface area (TPSA) is 69.4 Å². The van der Waals surface area contributed by atoms with Crippen LogP contribution in [0.25, 0.3) is 6.08 Å². The van der Waals surface area contributed by atoms with Crippen LogP contribution in [0, 0.1) is 16.0 Å². The van der Waals surface area contributed by atoms with Crippen molar-refractivity contribution in [2.24, 2.45) is 5.92 Å². The number of allylic oxidation sites excluding steroid dienone is 1. The highest BCUT2D eigenvalue weighted by Gasteiger charge is 2.31. The van der Waals surface area contributed by atoms with Crippen LogP contribution in [-0.4, -0.2) is 10.9 Å². The molecule has 3 rings (SSSR count). The quantitative estimate of drug-likeness (QED) is 0.370. The van der Waals surface area contributed by atoms with Crippen molar-refractivity contribution in [3.05, 3.63) is 75.8 Å². The fourth-order valence-electron chi connectivity index (χ4n) is 2.48. The second-order valence-corrected chi connectivity index (χ2v) is 5.49. The molecule has 0 heterocycles. The van der Waals surface area contributed by atoms with E-state index in [1.54, 1.807) is 0 Å². The third-order valence-corrected chi connectivity index (χ3v) is 3.79. The second-order valence-electron chi connectivity index (χ2n) is 5.49. The molecule has 23 heavy (non-hydrogen) atoms. The number of nitro benzene ring substituents is 1. The number of ether oxygens (including phenoxy) is 1. The Bertz CT molecular complexity index is 742. The second kappa shape index (κ2) is 6.44. The number of benzene rings is 2. The third-order valence-electron chi connectivity index (χ3n) is 3.79. The van der Waals surface area contributed by atoms with Gasteiger partial charge >= 0.3 is 5.97 Å². The molecule has 5 nitrogen and oxygen atoms in total. The Hall–Kier alpha value is -2.95. The van der Waals surface area contributed by atoms with E-state index in [2.05, 4.69) is 6.08 Å². The van der Waals surface area contributed by atoms with Crippen LogP contribution in [-0.2, 0) is 4.79 Å². The number of nitrogens with zero attached hydrogens (tertiary/aromatic N) is 1. The van der Waals surface area contributed by atoms with Gasteiger partial charge in [0.25, 0.3) is 5.69 Å². The number of carbonyl (C=O) groups excluding carboxylic acids is 1. The summed E-state index contributed by atoms with van der Waals surface area (Å²) in [5.74, 6) is -0.0923. The van der Waals surface area contributed by atoms with Gasteiger partial charge in [-0.1, -0.05) is 42.0 Å². The molecule has 2 aromatic rings. The number of hydrogen-bond acceptors (Lipinski definition) is 4. The Balaban J connectivity index is 1.55. The Morgan fingerprint density at radius 1 is 1.09 bits per heavy atom. The Labute approximate surface area is 133 Å². The summed E-state index contributed by atoms with van der Waals surface area (Å²) in [7, 11) is 0. The predicted molar refractivity (Wildman–Crippen MR) is 85.9 cm³/mol. The Morgan fingerprint density at radius 2 is 1.74 bits per heavy atom. The van der Waals surface area contributed by atoms with E-state index in [1.165, 1.54) is 29.8 Å². The van der Waals surface area contributed by atoms with Crippen LogP contribution >= 0.6 is 0 Å². The summed E-state index contributed by atoms with van der Waals surface area (Å²) in [5.41, 5.74) is 2.33. The minimum absolute atomic E-state index is 0.0264. The lowest BCUT2D eigenvalue weighted by molar-refractivity contribution is -0.384. The van der Waals surface area contributed by atoms with Crippen LogP contribution in [0.15, 0.2) is 60.2 Å². The van der Waals surface area contributed by atoms with Gasteiger partial charge in [-0.25, -0.2) is 0 Å². The fourth-order valence-corrected chi connectivity index (χ4v) is 2.48. The summed E-state index contributed by atoms with van der Waals surface area (Å²) in [5, 5.41) is 10.6. The van der Waals surface area contributed by atoms with E-state index in [-0.39, 0.29) is 17.6 Å². The predicted octanol–water partition coefficient (Wildman–Crippen LogP) is 3.99. The van der Waals surface area contributed by atoms with Gasteiger partial charge in [-0.15, -0.1) is 0 Å². The third kappa shape index (κ3) is 3.63. The number of rotatable bonds is 4. The van der Waals surface area contributed by atoms with Crippen molar-refractivity contribution in [3.63, 3.8) is 0 Å². The Morgan fingerprint density at radius 3 is 2.35 bits per heavy atom. The molecular weight excluding hydrogens is 294 g/mol. The number of esters is 1. The maximum atomic E-state index is 12.0. The van der Waals surface area contributed by atoms with Crippen molar-refractivity contribution >= 4 is 17.7 Å². The zero-order valence-electron chi connectivity index (χ0n) is 12.3. The first-order valence-electron chi connectivity index (χ1n) is 7.32. The van der Waals surface area contributed by atoms with Gasteiger partial charge in [-0.05, 0) is 30.5 Å². The van der Waals surface area contributed by atoms with E-state index < -0.39 is 4.92 Å². The van der Waals surface area contributed by atoms with Gasteiger partial charge in [-0.2, -0.15) is 0 Å². The first-order valence-corrected chi connectivity index (χ1v) is 7.32. The van der Waals surface area contributed by atoms with E-state index in [9.17, 15) is 14.9 Å². The van der Waals surface area contributed by atoms with E-state index in [1.807, 2.05) is 30.3 Å². The molecule has 0 unspecified atom stereocenters. The van der Waals surface area contributed by atoms with Gasteiger partial charge in [0.1, 0.15) is 5.75 Å². The molecule has 0 N–H and O–H groups in total. The van der Waals surface area contributed by atoms with E-state index in [4.69, 9.17) is 4.74 Å². The molecule has 1 fully saturated rings. The van der Waals surface area contributed by atoms with Crippen molar-refractivity contribution in [1.29, 1.82) is 0 Å². The largest absolute Gasteiger partial charge is 0.426 e. The lowest BCUT2D eigenvalue weighted by atomic mass is 9.79. The van der Waals surface area contributed by atoms with Gasteiger partial charge in [0, 0.05) is 12.1 Å². The molecular formula is C18H15NO4. The van der Waals surface area contributed by atoms with E-state index in [0.29, 0.717) is 18.6 Å². The highest BCUT2D eigenvalue weighted by molar-refractivity contribution is 5.78. The number of carbonyl (C=O) groups is 1. The molecule has 0 atom stereocenters. The van der Waals surface area contributed by atoms with Crippen LogP contribution in [0.3, 0.4) is 0 Å². The van der Waals surface area contributed by atoms with Crippen molar-refractivity contribution in [2.45, 2.75) is 12.8 Å². The Kier molecular flexibility index (Phi) is 4.19. The minimum atomic E-state index is -0.488. The van der Waals surface area contributed by atoms with Crippen molar-refractivity contribution in [2.75, 3.05) is 0 Å². The molecule has 1 aliphatic carbocycles. The highest BCUT2D eigenvalue weighted by atomic mass is 16.6. The molecule has 0 radical (unpaired) electrons. The summed E-state index contributed by atoms with van der Waals surface area (Å²) in [4.78, 5) is 22.1. The number of non-ortho nitro benzene ring substituents is 1. The van der Waals surface area contributed by atoms with Gasteiger partial charge in [0.05, 0.1) is 10.8 Å². The first kappa shape index (κ1) is 15.0. The molecule has 0 amide bonds. The smallest absolute Gasteiger partial charge is 0.314 e. The molecule has 0 aromatic heterocycles. The minimum Gasteiger partial charge on any atom is -0.426 e. The molecule has 116 valence electrons. The van der Waals surface area contributed by atoms with Crippen LogP contribution in [0.5, 0.6) is 5.75 Å². The van der Waals surface area contributed by atoms with Crippen LogP contribution < -0.4 is 4.74 Å². The standard InChI is InChI=1S/C18H15NO4/c20-18(23-17-8-6-16(7-9-17)19(21)22)15-11-14(12-15)10-13-4-2-1-3-5-13/h1-10,15H,11-12H2. The molecule has 5 heteroatoms. The fraction of sp³-hybridized carbons (Fsp3) is 0.167. The van der Waals surface area contributed by atoms with Gasteiger partial charge in [0.15, 0.2) is 0 Å². The average molecular weight is 309 g/mol. The summed E-state index contributed by atoms with van der Waals surface area (Å²) in [6.07, 6.45) is 3.48. The van der Waals surface area contributed by atoms with Crippen LogP contribution in [0.1, 0.15) is 18.4 Å². The maximum absolute atomic E-state index is 12.0. The van der Waals surface area contributed by atoms with E-state index >= 15 is 0 Å². The highest BCUT2D eigenvalue weighted by Crippen LogP contribution is 2.35. The number of nitro groups is 1. The summed E-state index contributed by atoms with van der Waals surface area (Å²) < 4.78 is 5.26. The van der Waals surface area contributed by atoms with Gasteiger partial charge < -0.3 is 4.74 Å². The van der Waals surface area contributed by atoms with Crippen molar-refractivity contribution in [3.8, 4) is 5.75 Å². The number of hydrogen-bond donors (Lipinski definition) is 0. The van der Waals surface area contributed by atoms with Crippen molar-refractivity contribution in [1.82, 2.24) is 0 Å². The summed E-state index contributed by atoms with van der Waals surface area (Å²) in [6.45, 7) is 0. The molecule has 0 aliphatic heterocycles. The molecule has 1 saturated carbocycles. The molecule has 1 aliphatic rings.